The molecular weight excluding hydrogens is 550 g/mol. The van der Waals surface area contributed by atoms with Gasteiger partial charge in [-0.25, -0.2) is 13.8 Å². The maximum Gasteiger partial charge on any atom is 0.246 e. The van der Waals surface area contributed by atoms with Crippen molar-refractivity contribution in [3.8, 4) is 16.9 Å². The van der Waals surface area contributed by atoms with E-state index < -0.39 is 17.4 Å². The number of phenols is 1. The number of hydrogen-bond acceptors (Lipinski definition) is 7. The second-order valence-corrected chi connectivity index (χ2v) is 11.2. The predicted octanol–water partition coefficient (Wildman–Crippen LogP) is 5.08. The molecule has 1 N–H and O–H groups in total. The number of anilines is 2. The zero-order valence-corrected chi connectivity index (χ0v) is 24.5. The van der Waals surface area contributed by atoms with Gasteiger partial charge in [0.15, 0.2) is 5.82 Å². The van der Waals surface area contributed by atoms with Gasteiger partial charge in [-0.2, -0.15) is 4.98 Å². The van der Waals surface area contributed by atoms with Crippen LogP contribution in [0.15, 0.2) is 36.9 Å². The molecule has 0 bridgehead atoms. The molecular formula is C30H35ClF2N6O2. The molecule has 1 amide bonds. The Morgan fingerprint density at radius 3 is 2.46 bits per heavy atom. The maximum atomic E-state index is 16.4. The van der Waals surface area contributed by atoms with Crippen molar-refractivity contribution in [2.75, 3.05) is 49.1 Å². The fourth-order valence-electron chi connectivity index (χ4n) is 5.95. The minimum absolute atomic E-state index is 0.0113. The molecule has 2 fully saturated rings. The summed E-state index contributed by atoms with van der Waals surface area (Å²) in [4.78, 5) is 30.2. The highest BCUT2D eigenvalue weighted by Crippen LogP contribution is 2.43. The Balaban J connectivity index is 1.66. The third-order valence-electron chi connectivity index (χ3n) is 8.28. The first-order chi connectivity index (χ1) is 19.6. The van der Waals surface area contributed by atoms with Crippen molar-refractivity contribution in [1.29, 1.82) is 0 Å². The van der Waals surface area contributed by atoms with Crippen molar-refractivity contribution in [2.24, 2.45) is 0 Å². The number of phenolic OH excluding ortho intramolecular Hbond substituents is 1. The van der Waals surface area contributed by atoms with Gasteiger partial charge in [0, 0.05) is 55.3 Å². The van der Waals surface area contributed by atoms with E-state index in [0.717, 1.165) is 19.2 Å². The highest BCUT2D eigenvalue weighted by molar-refractivity contribution is 6.34. The van der Waals surface area contributed by atoms with Crippen LogP contribution in [0.1, 0.15) is 27.7 Å². The van der Waals surface area contributed by atoms with Crippen LogP contribution < -0.4 is 9.80 Å². The Bertz CT molecular complexity index is 1470. The SMILES string of the molecule is C=CC(=O)N1C[C@H](C)N(c2nc(N3CC(N(CC)CC)C3)nc3c(F)c(-c4c(O)cccc4F)c(Cl)cc23)C[C@H]1C. The molecule has 218 valence electrons. The Morgan fingerprint density at radius 2 is 1.83 bits per heavy atom. The molecule has 3 aromatic rings. The van der Waals surface area contributed by atoms with E-state index in [0.29, 0.717) is 49.4 Å². The number of nitrogens with zero attached hydrogens (tertiary/aromatic N) is 6. The Kier molecular flexibility index (Phi) is 8.07. The first-order valence-electron chi connectivity index (χ1n) is 14.0. The number of fused-ring (bicyclic) bond motifs is 1. The lowest BCUT2D eigenvalue weighted by Gasteiger charge is -2.46. The monoisotopic (exact) mass is 584 g/mol. The van der Waals surface area contributed by atoms with Crippen LogP contribution in [-0.4, -0.2) is 88.2 Å². The van der Waals surface area contributed by atoms with Crippen LogP contribution in [0.25, 0.3) is 22.0 Å². The largest absolute Gasteiger partial charge is 0.507 e. The minimum atomic E-state index is -0.834. The quantitative estimate of drug-likeness (QED) is 0.388. The van der Waals surface area contributed by atoms with Crippen molar-refractivity contribution in [3.63, 3.8) is 0 Å². The summed E-state index contributed by atoms with van der Waals surface area (Å²) in [7, 11) is 0. The number of aromatic hydroxyl groups is 1. The fourth-order valence-corrected chi connectivity index (χ4v) is 6.24. The topological polar surface area (TPSA) is 76.0 Å². The van der Waals surface area contributed by atoms with Crippen LogP contribution in [0, 0.1) is 11.6 Å². The van der Waals surface area contributed by atoms with Gasteiger partial charge < -0.3 is 19.8 Å². The summed E-state index contributed by atoms with van der Waals surface area (Å²) in [5.74, 6) is -1.34. The molecule has 41 heavy (non-hydrogen) atoms. The van der Waals surface area contributed by atoms with Gasteiger partial charge >= 0.3 is 0 Å². The summed E-state index contributed by atoms with van der Waals surface area (Å²) >= 11 is 6.60. The smallest absolute Gasteiger partial charge is 0.246 e. The summed E-state index contributed by atoms with van der Waals surface area (Å²) in [5, 5.41) is 10.7. The van der Waals surface area contributed by atoms with Crippen molar-refractivity contribution in [3.05, 3.63) is 53.6 Å². The summed E-state index contributed by atoms with van der Waals surface area (Å²) in [6.45, 7) is 15.9. The highest BCUT2D eigenvalue weighted by atomic mass is 35.5. The second-order valence-electron chi connectivity index (χ2n) is 10.7. The van der Waals surface area contributed by atoms with E-state index >= 15 is 4.39 Å². The Hall–Kier alpha value is -3.50. The lowest BCUT2D eigenvalue weighted by Crippen LogP contribution is -2.60. The summed E-state index contributed by atoms with van der Waals surface area (Å²) in [6.07, 6.45) is 1.31. The van der Waals surface area contributed by atoms with Gasteiger partial charge in [-0.15, -0.1) is 0 Å². The van der Waals surface area contributed by atoms with Crippen LogP contribution in [0.3, 0.4) is 0 Å². The number of hydrogen-bond donors (Lipinski definition) is 1. The van der Waals surface area contributed by atoms with Gasteiger partial charge in [0.2, 0.25) is 11.9 Å². The van der Waals surface area contributed by atoms with Gasteiger partial charge in [-0.05, 0) is 51.2 Å². The van der Waals surface area contributed by atoms with Crippen LogP contribution in [-0.2, 0) is 4.79 Å². The zero-order valence-electron chi connectivity index (χ0n) is 23.7. The van der Waals surface area contributed by atoms with E-state index in [1.54, 1.807) is 4.90 Å². The second kappa shape index (κ2) is 11.4. The zero-order chi connectivity index (χ0) is 29.6. The first-order valence-corrected chi connectivity index (χ1v) is 14.3. The van der Waals surface area contributed by atoms with Crippen molar-refractivity contribution < 1.29 is 18.7 Å². The molecule has 1 aromatic heterocycles. The fraction of sp³-hybridized carbons (Fsp3) is 0.433. The normalized spacial score (nSPS) is 19.7. The predicted molar refractivity (Wildman–Crippen MR) is 159 cm³/mol. The molecule has 2 atom stereocenters. The molecule has 5 rings (SSSR count). The van der Waals surface area contributed by atoms with E-state index in [1.165, 1.54) is 24.3 Å². The van der Waals surface area contributed by atoms with Crippen molar-refractivity contribution >= 4 is 40.2 Å². The number of benzene rings is 2. The summed E-state index contributed by atoms with van der Waals surface area (Å²) < 4.78 is 31.3. The van der Waals surface area contributed by atoms with Crippen LogP contribution in [0.2, 0.25) is 5.02 Å². The highest BCUT2D eigenvalue weighted by Gasteiger charge is 2.36. The number of carbonyl (C=O) groups excluding carboxylic acids is 1. The van der Waals surface area contributed by atoms with Gasteiger partial charge in [0.25, 0.3) is 0 Å². The average molecular weight is 585 g/mol. The molecule has 2 aliphatic rings. The van der Waals surface area contributed by atoms with Crippen molar-refractivity contribution in [2.45, 2.75) is 45.8 Å². The Labute approximate surface area is 243 Å². The van der Waals surface area contributed by atoms with Crippen LogP contribution in [0.5, 0.6) is 5.75 Å². The standard InChI is InChI=1S/C30H35ClF2N6O2/c1-6-24(41)38-13-18(5)39(14-17(38)4)29-20-12-21(31)25(26-22(32)10-9-11-23(26)40)27(33)28(20)34-30(35-29)37-15-19(16-37)36(7-2)8-3/h6,9-12,17-19,40H,1,7-8,13-16H2,2-5H3/t17-,18+/m1/s1. The molecule has 0 saturated carbocycles. The Morgan fingerprint density at radius 1 is 1.12 bits per heavy atom. The number of halogens is 3. The lowest BCUT2D eigenvalue weighted by molar-refractivity contribution is -0.128. The maximum absolute atomic E-state index is 16.4. The van der Waals surface area contributed by atoms with Gasteiger partial charge in [0.05, 0.1) is 10.6 Å². The number of rotatable bonds is 7. The van der Waals surface area contributed by atoms with Gasteiger partial charge in [0.1, 0.15) is 22.9 Å². The number of amides is 1. The van der Waals surface area contributed by atoms with Gasteiger partial charge in [-0.1, -0.05) is 38.1 Å². The molecule has 11 heteroatoms. The molecule has 0 radical (unpaired) electrons. The molecule has 2 aliphatic heterocycles. The average Bonchev–Trinajstić information content (AvgIpc) is 2.92. The summed E-state index contributed by atoms with van der Waals surface area (Å²) in [6, 6.07) is 5.33. The van der Waals surface area contributed by atoms with Crippen LogP contribution >= 0.6 is 11.6 Å². The number of piperazine rings is 1. The third-order valence-corrected chi connectivity index (χ3v) is 8.58. The van der Waals surface area contributed by atoms with E-state index in [-0.39, 0.29) is 39.7 Å². The molecule has 3 heterocycles. The number of carbonyl (C=O) groups is 1. The lowest BCUT2D eigenvalue weighted by atomic mass is 10.00. The molecule has 0 unspecified atom stereocenters. The molecule has 2 aromatic carbocycles. The van der Waals surface area contributed by atoms with E-state index in [2.05, 4.69) is 30.3 Å². The number of likely N-dealkylation sites (N-methyl/N-ethyl adjacent to an activating group) is 1. The molecule has 8 nitrogen and oxygen atoms in total. The molecule has 2 saturated heterocycles. The van der Waals surface area contributed by atoms with E-state index in [4.69, 9.17) is 16.6 Å². The minimum Gasteiger partial charge on any atom is -0.507 e. The van der Waals surface area contributed by atoms with Crippen LogP contribution in [0.4, 0.5) is 20.5 Å². The number of aromatic nitrogens is 2. The van der Waals surface area contributed by atoms with Gasteiger partial charge in [-0.3, -0.25) is 9.69 Å². The first kappa shape index (κ1) is 29.0. The summed E-state index contributed by atoms with van der Waals surface area (Å²) in [5.41, 5.74) is -0.580. The van der Waals surface area contributed by atoms with E-state index in [1.807, 2.05) is 23.6 Å². The molecule has 0 spiro atoms. The van der Waals surface area contributed by atoms with Crippen molar-refractivity contribution in [1.82, 2.24) is 19.8 Å². The van der Waals surface area contributed by atoms with E-state index in [9.17, 15) is 14.3 Å². The molecule has 0 aliphatic carbocycles. The third kappa shape index (κ3) is 5.08.